The Labute approximate surface area is 198 Å². The van der Waals surface area contributed by atoms with Crippen molar-refractivity contribution in [3.05, 3.63) is 95.0 Å². The molecule has 0 saturated carbocycles. The summed E-state index contributed by atoms with van der Waals surface area (Å²) in [6.45, 7) is 3.63. The van der Waals surface area contributed by atoms with Crippen LogP contribution in [0.25, 0.3) is 0 Å². The minimum Gasteiger partial charge on any atom is -0.340 e. The van der Waals surface area contributed by atoms with Crippen LogP contribution < -0.4 is 16.0 Å². The van der Waals surface area contributed by atoms with Crippen molar-refractivity contribution >= 4 is 40.7 Å². The molecule has 0 heterocycles. The summed E-state index contributed by atoms with van der Waals surface area (Å²) in [5.74, 6) is -0.929. The third-order valence-corrected chi connectivity index (χ3v) is 5.21. The lowest BCUT2D eigenvalue weighted by atomic mass is 10.0. The zero-order chi connectivity index (χ0) is 23.8. The van der Waals surface area contributed by atoms with Crippen molar-refractivity contribution in [1.82, 2.24) is 5.32 Å². The highest BCUT2D eigenvalue weighted by Gasteiger charge is 2.22. The minimum atomic E-state index is -0.795. The molecular formula is C26H26ClN3O3. The Morgan fingerprint density at radius 3 is 1.85 bits per heavy atom. The first-order valence-corrected chi connectivity index (χ1v) is 11.0. The van der Waals surface area contributed by atoms with Crippen LogP contribution >= 0.6 is 11.6 Å². The summed E-state index contributed by atoms with van der Waals surface area (Å²) >= 11 is 5.91. The predicted octanol–water partition coefficient (Wildman–Crippen LogP) is 4.91. The van der Waals surface area contributed by atoms with Crippen LogP contribution in [0.15, 0.2) is 78.9 Å². The van der Waals surface area contributed by atoms with E-state index in [0.29, 0.717) is 28.4 Å². The number of amides is 3. The summed E-state index contributed by atoms with van der Waals surface area (Å²) in [6.07, 6.45) is 0.328. The van der Waals surface area contributed by atoms with E-state index < -0.39 is 6.04 Å². The monoisotopic (exact) mass is 463 g/mol. The summed E-state index contributed by atoms with van der Waals surface area (Å²) in [5, 5.41) is 9.00. The SMILES string of the molecule is CC(C)C(=O)Nc1ccc(NC(=O)C(Cc2ccccc2)NC(=O)c2ccc(Cl)cc2)cc1. The molecule has 0 bridgehead atoms. The summed E-state index contributed by atoms with van der Waals surface area (Å²) in [4.78, 5) is 37.7. The van der Waals surface area contributed by atoms with E-state index in [9.17, 15) is 14.4 Å². The van der Waals surface area contributed by atoms with Gasteiger partial charge in [0, 0.05) is 34.3 Å². The van der Waals surface area contributed by atoms with Crippen molar-refractivity contribution in [1.29, 1.82) is 0 Å². The van der Waals surface area contributed by atoms with Crippen molar-refractivity contribution in [2.45, 2.75) is 26.3 Å². The maximum atomic E-state index is 13.1. The number of hydrogen-bond donors (Lipinski definition) is 3. The van der Waals surface area contributed by atoms with E-state index in [0.717, 1.165) is 5.56 Å². The van der Waals surface area contributed by atoms with Gasteiger partial charge in [-0.15, -0.1) is 0 Å². The Bertz CT molecular complexity index is 1100. The van der Waals surface area contributed by atoms with Crippen molar-refractivity contribution in [3.63, 3.8) is 0 Å². The third-order valence-electron chi connectivity index (χ3n) is 4.96. The highest BCUT2D eigenvalue weighted by molar-refractivity contribution is 6.30. The van der Waals surface area contributed by atoms with Crippen molar-refractivity contribution in [2.24, 2.45) is 5.92 Å². The van der Waals surface area contributed by atoms with Crippen LogP contribution in [0.1, 0.15) is 29.8 Å². The molecule has 0 aliphatic heterocycles. The standard InChI is InChI=1S/C26H26ClN3O3/c1-17(2)24(31)28-21-12-14-22(15-13-21)29-26(33)23(16-18-6-4-3-5-7-18)30-25(32)19-8-10-20(27)11-9-19/h3-15,17,23H,16H2,1-2H3,(H,28,31)(H,29,33)(H,30,32). The van der Waals surface area contributed by atoms with Gasteiger partial charge in [-0.2, -0.15) is 0 Å². The number of hydrogen-bond acceptors (Lipinski definition) is 3. The summed E-state index contributed by atoms with van der Waals surface area (Å²) in [5.41, 5.74) is 2.53. The van der Waals surface area contributed by atoms with Crippen molar-refractivity contribution in [3.8, 4) is 0 Å². The van der Waals surface area contributed by atoms with E-state index in [2.05, 4.69) is 16.0 Å². The normalized spacial score (nSPS) is 11.5. The predicted molar refractivity (Wildman–Crippen MR) is 131 cm³/mol. The van der Waals surface area contributed by atoms with Gasteiger partial charge < -0.3 is 16.0 Å². The summed E-state index contributed by atoms with van der Waals surface area (Å²) < 4.78 is 0. The number of carbonyl (C=O) groups is 3. The van der Waals surface area contributed by atoms with Gasteiger partial charge in [-0.05, 0) is 54.1 Å². The molecule has 3 amide bonds. The van der Waals surface area contributed by atoms with Crippen LogP contribution in [-0.4, -0.2) is 23.8 Å². The number of rotatable bonds is 8. The number of carbonyl (C=O) groups excluding carboxylic acids is 3. The van der Waals surface area contributed by atoms with E-state index in [1.807, 2.05) is 44.2 Å². The maximum absolute atomic E-state index is 13.1. The van der Waals surface area contributed by atoms with Gasteiger partial charge >= 0.3 is 0 Å². The largest absolute Gasteiger partial charge is 0.340 e. The first-order chi connectivity index (χ1) is 15.8. The highest BCUT2D eigenvalue weighted by atomic mass is 35.5. The first-order valence-electron chi connectivity index (χ1n) is 10.6. The summed E-state index contributed by atoms with van der Waals surface area (Å²) in [6, 6.07) is 22.0. The zero-order valence-corrected chi connectivity index (χ0v) is 19.2. The van der Waals surface area contributed by atoms with Gasteiger partial charge in [-0.1, -0.05) is 55.8 Å². The Morgan fingerprint density at radius 1 is 0.758 bits per heavy atom. The topological polar surface area (TPSA) is 87.3 Å². The number of halogens is 1. The van der Waals surface area contributed by atoms with Crippen LogP contribution in [-0.2, 0) is 16.0 Å². The Hall–Kier alpha value is -3.64. The molecule has 0 radical (unpaired) electrons. The van der Waals surface area contributed by atoms with Crippen LogP contribution in [0.4, 0.5) is 11.4 Å². The fourth-order valence-electron chi connectivity index (χ4n) is 3.05. The van der Waals surface area contributed by atoms with Gasteiger partial charge in [0.15, 0.2) is 0 Å². The van der Waals surface area contributed by atoms with E-state index in [4.69, 9.17) is 11.6 Å². The zero-order valence-electron chi connectivity index (χ0n) is 18.5. The second kappa shape index (κ2) is 11.3. The van der Waals surface area contributed by atoms with Gasteiger partial charge in [-0.3, -0.25) is 14.4 Å². The van der Waals surface area contributed by atoms with Gasteiger partial charge in [-0.25, -0.2) is 0 Å². The fourth-order valence-corrected chi connectivity index (χ4v) is 3.18. The van der Waals surface area contributed by atoms with Crippen LogP contribution in [0.3, 0.4) is 0 Å². The number of nitrogens with one attached hydrogen (secondary N) is 3. The maximum Gasteiger partial charge on any atom is 0.251 e. The van der Waals surface area contributed by atoms with E-state index >= 15 is 0 Å². The van der Waals surface area contributed by atoms with Crippen LogP contribution in [0, 0.1) is 5.92 Å². The van der Waals surface area contributed by atoms with Crippen molar-refractivity contribution < 1.29 is 14.4 Å². The highest BCUT2D eigenvalue weighted by Crippen LogP contribution is 2.16. The Kier molecular flexibility index (Phi) is 8.22. The molecule has 0 aliphatic rings. The molecule has 3 aromatic rings. The minimum absolute atomic E-state index is 0.0837. The van der Waals surface area contributed by atoms with E-state index in [-0.39, 0.29) is 23.6 Å². The molecule has 7 heteroatoms. The van der Waals surface area contributed by atoms with Gasteiger partial charge in [0.1, 0.15) is 6.04 Å². The molecule has 1 unspecified atom stereocenters. The third kappa shape index (κ3) is 7.19. The quantitative estimate of drug-likeness (QED) is 0.443. The van der Waals surface area contributed by atoms with Crippen LogP contribution in [0.5, 0.6) is 0 Å². The molecular weight excluding hydrogens is 438 g/mol. The average molecular weight is 464 g/mol. The molecule has 6 nitrogen and oxygen atoms in total. The van der Waals surface area contributed by atoms with E-state index in [1.54, 1.807) is 48.5 Å². The molecule has 170 valence electrons. The molecule has 0 spiro atoms. The molecule has 3 aromatic carbocycles. The van der Waals surface area contributed by atoms with Gasteiger partial charge in [0.2, 0.25) is 11.8 Å². The fraction of sp³-hybridized carbons (Fsp3) is 0.192. The molecule has 1 atom stereocenters. The lowest BCUT2D eigenvalue weighted by Gasteiger charge is -2.19. The van der Waals surface area contributed by atoms with Crippen LogP contribution in [0.2, 0.25) is 5.02 Å². The lowest BCUT2D eigenvalue weighted by Crippen LogP contribution is -2.45. The second-order valence-electron chi connectivity index (χ2n) is 7.93. The summed E-state index contributed by atoms with van der Waals surface area (Å²) in [7, 11) is 0. The molecule has 33 heavy (non-hydrogen) atoms. The number of anilines is 2. The second-order valence-corrected chi connectivity index (χ2v) is 8.37. The lowest BCUT2D eigenvalue weighted by molar-refractivity contribution is -0.119. The first kappa shape index (κ1) is 24.0. The van der Waals surface area contributed by atoms with Gasteiger partial charge in [0.25, 0.3) is 5.91 Å². The Balaban J connectivity index is 1.72. The van der Waals surface area contributed by atoms with Gasteiger partial charge in [0.05, 0.1) is 0 Å². The van der Waals surface area contributed by atoms with Crippen molar-refractivity contribution in [2.75, 3.05) is 10.6 Å². The smallest absolute Gasteiger partial charge is 0.251 e. The van der Waals surface area contributed by atoms with E-state index in [1.165, 1.54) is 0 Å². The average Bonchev–Trinajstić information content (AvgIpc) is 2.81. The molecule has 0 aliphatic carbocycles. The molecule has 0 fully saturated rings. The molecule has 0 saturated heterocycles. The molecule has 3 rings (SSSR count). The Morgan fingerprint density at radius 2 is 1.30 bits per heavy atom. The molecule has 3 N–H and O–H groups in total. The molecule has 0 aromatic heterocycles. The number of benzene rings is 3.